The minimum absolute atomic E-state index is 0.0819. The van der Waals surface area contributed by atoms with Gasteiger partial charge in [-0.05, 0) is 33.6 Å². The first-order valence-electron chi connectivity index (χ1n) is 7.20. The monoisotopic (exact) mass is 268 g/mol. The minimum atomic E-state index is -0.657. The Morgan fingerprint density at radius 3 is 2.00 bits per heavy atom. The number of hydrogen-bond donors (Lipinski definition) is 4. The van der Waals surface area contributed by atoms with Crippen LogP contribution in [0.4, 0.5) is 4.79 Å². The molecule has 5 heteroatoms. The first-order chi connectivity index (χ1) is 8.75. The van der Waals surface area contributed by atoms with Gasteiger partial charge in [-0.3, -0.25) is 5.41 Å². The molecule has 0 atom stereocenters. The van der Waals surface area contributed by atoms with Gasteiger partial charge in [0.15, 0.2) is 0 Å². The summed E-state index contributed by atoms with van der Waals surface area (Å²) in [7, 11) is 0. The molecule has 0 aromatic heterocycles. The number of carbonyl (C=O) groups is 1. The van der Waals surface area contributed by atoms with Gasteiger partial charge in [0.2, 0.25) is 0 Å². The van der Waals surface area contributed by atoms with Crippen molar-refractivity contribution in [2.45, 2.75) is 76.8 Å². The van der Waals surface area contributed by atoms with Crippen LogP contribution in [0.1, 0.15) is 65.7 Å². The van der Waals surface area contributed by atoms with E-state index in [1.54, 1.807) is 0 Å². The van der Waals surface area contributed by atoms with E-state index in [1.165, 1.54) is 6.42 Å². The third kappa shape index (κ3) is 5.09. The van der Waals surface area contributed by atoms with E-state index < -0.39 is 5.54 Å². The van der Waals surface area contributed by atoms with Crippen molar-refractivity contribution in [2.75, 3.05) is 0 Å². The number of amides is 2. The topological polar surface area (TPSA) is 91.0 Å². The van der Waals surface area contributed by atoms with E-state index >= 15 is 0 Å². The van der Waals surface area contributed by atoms with Crippen molar-refractivity contribution >= 4 is 11.9 Å². The zero-order chi connectivity index (χ0) is 14.5. The van der Waals surface area contributed by atoms with Crippen LogP contribution in [0.15, 0.2) is 0 Å². The second-order valence-electron chi connectivity index (χ2n) is 6.59. The summed E-state index contributed by atoms with van der Waals surface area (Å²) < 4.78 is 0. The van der Waals surface area contributed by atoms with Crippen molar-refractivity contribution in [3.63, 3.8) is 0 Å². The molecular weight excluding hydrogens is 240 g/mol. The standard InChI is InChI=1S/C14H28N4O/c1-13(2,3)17-12(19)18-14(11(15)16)9-7-5-4-6-8-10-14/h4-10H2,1-3H3,(H3,15,16)(H2,17,18,19). The molecule has 0 aromatic rings. The molecular formula is C14H28N4O. The van der Waals surface area contributed by atoms with E-state index in [9.17, 15) is 4.79 Å². The zero-order valence-corrected chi connectivity index (χ0v) is 12.4. The number of amidine groups is 1. The van der Waals surface area contributed by atoms with Crippen LogP contribution in [0.5, 0.6) is 0 Å². The quantitative estimate of drug-likeness (QED) is 0.458. The van der Waals surface area contributed by atoms with Crippen LogP contribution < -0.4 is 16.4 Å². The molecule has 0 radical (unpaired) electrons. The Balaban J connectivity index is 2.74. The minimum Gasteiger partial charge on any atom is -0.386 e. The fraction of sp³-hybridized carbons (Fsp3) is 0.857. The van der Waals surface area contributed by atoms with Crippen LogP contribution in [0, 0.1) is 5.41 Å². The van der Waals surface area contributed by atoms with Gasteiger partial charge in [-0.1, -0.05) is 32.1 Å². The van der Waals surface area contributed by atoms with Crippen LogP contribution in [-0.2, 0) is 0 Å². The number of rotatable bonds is 2. The molecule has 0 aromatic carbocycles. The second-order valence-corrected chi connectivity index (χ2v) is 6.59. The molecule has 5 nitrogen and oxygen atoms in total. The Morgan fingerprint density at radius 2 is 1.58 bits per heavy atom. The molecule has 2 amide bonds. The van der Waals surface area contributed by atoms with Crippen LogP contribution in [0.2, 0.25) is 0 Å². The summed E-state index contributed by atoms with van der Waals surface area (Å²) in [5, 5.41) is 13.7. The second kappa shape index (κ2) is 6.26. The summed E-state index contributed by atoms with van der Waals surface area (Å²) in [6, 6.07) is -0.233. The number of carbonyl (C=O) groups excluding carboxylic acids is 1. The van der Waals surface area contributed by atoms with Gasteiger partial charge in [0.05, 0.1) is 5.54 Å². The third-order valence-corrected chi connectivity index (χ3v) is 3.56. The molecule has 1 rings (SSSR count). The van der Waals surface area contributed by atoms with Crippen LogP contribution in [0.3, 0.4) is 0 Å². The molecule has 0 aliphatic heterocycles. The molecule has 0 saturated heterocycles. The lowest BCUT2D eigenvalue weighted by atomic mass is 9.83. The van der Waals surface area contributed by atoms with Crippen LogP contribution in [0.25, 0.3) is 0 Å². The normalized spacial score (nSPS) is 19.9. The predicted octanol–water partition coefficient (Wildman–Crippen LogP) is 2.50. The SMILES string of the molecule is CC(C)(C)NC(=O)NC1(C(=N)N)CCCCCCC1. The summed E-state index contributed by atoms with van der Waals surface area (Å²) in [6.07, 6.45) is 7.09. The molecule has 0 spiro atoms. The molecule has 5 N–H and O–H groups in total. The van der Waals surface area contributed by atoms with Gasteiger partial charge in [-0.25, -0.2) is 4.79 Å². The maximum atomic E-state index is 12.1. The average Bonchev–Trinajstić information content (AvgIpc) is 2.18. The van der Waals surface area contributed by atoms with E-state index in [-0.39, 0.29) is 17.4 Å². The first kappa shape index (κ1) is 15.8. The van der Waals surface area contributed by atoms with Gasteiger partial charge in [0, 0.05) is 5.54 Å². The molecule has 1 saturated carbocycles. The Bertz CT molecular complexity index is 325. The van der Waals surface area contributed by atoms with Crippen molar-refractivity contribution in [3.8, 4) is 0 Å². The maximum absolute atomic E-state index is 12.1. The third-order valence-electron chi connectivity index (χ3n) is 3.56. The fourth-order valence-electron chi connectivity index (χ4n) is 2.56. The van der Waals surface area contributed by atoms with Gasteiger partial charge in [0.25, 0.3) is 0 Å². The highest BCUT2D eigenvalue weighted by molar-refractivity contribution is 5.91. The van der Waals surface area contributed by atoms with E-state index in [4.69, 9.17) is 11.1 Å². The van der Waals surface area contributed by atoms with Crippen molar-refractivity contribution in [3.05, 3.63) is 0 Å². The lowest BCUT2D eigenvalue weighted by molar-refractivity contribution is 0.218. The molecule has 19 heavy (non-hydrogen) atoms. The summed E-state index contributed by atoms with van der Waals surface area (Å²) in [4.78, 5) is 12.1. The Labute approximate surface area is 116 Å². The molecule has 1 aliphatic carbocycles. The fourth-order valence-corrected chi connectivity index (χ4v) is 2.56. The van der Waals surface area contributed by atoms with Gasteiger partial charge < -0.3 is 16.4 Å². The summed E-state index contributed by atoms with van der Waals surface area (Å²) in [6.45, 7) is 5.81. The number of nitrogens with one attached hydrogen (secondary N) is 3. The van der Waals surface area contributed by atoms with E-state index in [0.717, 1.165) is 38.5 Å². The van der Waals surface area contributed by atoms with Crippen LogP contribution >= 0.6 is 0 Å². The van der Waals surface area contributed by atoms with Gasteiger partial charge in [-0.15, -0.1) is 0 Å². The molecule has 0 unspecified atom stereocenters. The zero-order valence-electron chi connectivity index (χ0n) is 12.4. The lowest BCUT2D eigenvalue weighted by Gasteiger charge is -2.36. The number of hydrogen-bond acceptors (Lipinski definition) is 2. The van der Waals surface area contributed by atoms with E-state index in [0.29, 0.717) is 0 Å². The van der Waals surface area contributed by atoms with E-state index in [1.807, 2.05) is 20.8 Å². The molecule has 1 fully saturated rings. The van der Waals surface area contributed by atoms with Crippen molar-refractivity contribution in [1.82, 2.24) is 10.6 Å². The average molecular weight is 268 g/mol. The molecule has 1 aliphatic rings. The van der Waals surface area contributed by atoms with Gasteiger partial charge >= 0.3 is 6.03 Å². The van der Waals surface area contributed by atoms with Crippen molar-refractivity contribution in [2.24, 2.45) is 5.73 Å². The first-order valence-corrected chi connectivity index (χ1v) is 7.20. The summed E-state index contributed by atoms with van der Waals surface area (Å²) >= 11 is 0. The highest BCUT2D eigenvalue weighted by atomic mass is 16.2. The Hall–Kier alpha value is -1.26. The Kier molecular flexibility index (Phi) is 5.20. The predicted molar refractivity (Wildman–Crippen MR) is 78.4 cm³/mol. The number of nitrogens with two attached hydrogens (primary N) is 1. The molecule has 0 heterocycles. The van der Waals surface area contributed by atoms with Crippen LogP contribution in [-0.4, -0.2) is 22.9 Å². The largest absolute Gasteiger partial charge is 0.386 e. The smallest absolute Gasteiger partial charge is 0.315 e. The molecule has 0 bridgehead atoms. The lowest BCUT2D eigenvalue weighted by Crippen LogP contribution is -2.61. The highest BCUT2D eigenvalue weighted by Gasteiger charge is 2.35. The summed E-state index contributed by atoms with van der Waals surface area (Å²) in [5.41, 5.74) is 4.83. The van der Waals surface area contributed by atoms with Gasteiger partial charge in [0.1, 0.15) is 5.84 Å². The Morgan fingerprint density at radius 1 is 1.11 bits per heavy atom. The maximum Gasteiger partial charge on any atom is 0.315 e. The van der Waals surface area contributed by atoms with E-state index in [2.05, 4.69) is 10.6 Å². The molecule has 110 valence electrons. The van der Waals surface area contributed by atoms with Crippen molar-refractivity contribution < 1.29 is 4.79 Å². The van der Waals surface area contributed by atoms with Crippen molar-refractivity contribution in [1.29, 1.82) is 5.41 Å². The van der Waals surface area contributed by atoms with Gasteiger partial charge in [-0.2, -0.15) is 0 Å². The summed E-state index contributed by atoms with van der Waals surface area (Å²) in [5.74, 6) is 0.0819. The highest BCUT2D eigenvalue weighted by Crippen LogP contribution is 2.26. The number of urea groups is 1.